The predicted molar refractivity (Wildman–Crippen MR) is 62.9 cm³/mol. The minimum Gasteiger partial charge on any atom is -0.481 e. The van der Waals surface area contributed by atoms with E-state index in [9.17, 15) is 18.0 Å². The van der Waals surface area contributed by atoms with Crippen molar-refractivity contribution in [1.82, 2.24) is 14.3 Å². The highest BCUT2D eigenvalue weighted by Crippen LogP contribution is 2.18. The minimum absolute atomic E-state index is 0.0571. The first-order chi connectivity index (χ1) is 8.36. The number of amides is 1. The summed E-state index contributed by atoms with van der Waals surface area (Å²) in [7, 11) is -2.39. The number of carbonyl (C=O) groups excluding carboxylic acids is 1. The van der Waals surface area contributed by atoms with Crippen molar-refractivity contribution in [2.45, 2.75) is 12.8 Å². The maximum Gasteiger partial charge on any atom is 0.307 e. The van der Waals surface area contributed by atoms with Crippen LogP contribution in [0.3, 0.4) is 0 Å². The standard InChI is InChI=1S/C9H17N3O5S/c1-10-8(13)5-11-18(16,17)12-4-2-3-7(6-12)9(14)15/h7,11H,2-6H2,1H3,(H,10,13)(H,14,15). The molecule has 1 rings (SSSR count). The summed E-state index contributed by atoms with van der Waals surface area (Å²) in [4.78, 5) is 21.8. The van der Waals surface area contributed by atoms with E-state index in [2.05, 4.69) is 10.0 Å². The van der Waals surface area contributed by atoms with E-state index in [1.165, 1.54) is 7.05 Å². The van der Waals surface area contributed by atoms with Gasteiger partial charge in [-0.1, -0.05) is 0 Å². The van der Waals surface area contributed by atoms with Crippen LogP contribution in [0.15, 0.2) is 0 Å². The van der Waals surface area contributed by atoms with Crippen LogP contribution >= 0.6 is 0 Å². The summed E-state index contributed by atoms with van der Waals surface area (Å²) < 4.78 is 26.8. The Kier molecular flexibility index (Phi) is 5.05. The summed E-state index contributed by atoms with van der Waals surface area (Å²) >= 11 is 0. The van der Waals surface area contributed by atoms with Crippen LogP contribution in [0, 0.1) is 5.92 Å². The second kappa shape index (κ2) is 6.12. The Balaban J connectivity index is 2.61. The third-order valence-electron chi connectivity index (χ3n) is 2.77. The Morgan fingerprint density at radius 2 is 2.11 bits per heavy atom. The zero-order valence-electron chi connectivity index (χ0n) is 10.0. The maximum absolute atomic E-state index is 11.8. The second-order valence-electron chi connectivity index (χ2n) is 4.03. The highest BCUT2D eigenvalue weighted by molar-refractivity contribution is 7.87. The van der Waals surface area contributed by atoms with Gasteiger partial charge in [-0.25, -0.2) is 0 Å². The first-order valence-corrected chi connectivity index (χ1v) is 6.99. The summed E-state index contributed by atoms with van der Waals surface area (Å²) in [6.45, 7) is -0.141. The van der Waals surface area contributed by atoms with Crippen molar-refractivity contribution >= 4 is 22.1 Å². The molecule has 1 aliphatic heterocycles. The summed E-state index contributed by atoms with van der Waals surface area (Å²) in [5, 5.41) is 11.2. The molecule has 9 heteroatoms. The topological polar surface area (TPSA) is 116 Å². The number of rotatable bonds is 5. The molecule has 3 N–H and O–H groups in total. The lowest BCUT2D eigenvalue weighted by molar-refractivity contribution is -0.142. The molecule has 104 valence electrons. The number of piperidine rings is 1. The molecular weight excluding hydrogens is 262 g/mol. The molecule has 0 aromatic rings. The first-order valence-electron chi connectivity index (χ1n) is 5.55. The Bertz CT molecular complexity index is 422. The molecule has 1 atom stereocenters. The Labute approximate surface area is 106 Å². The second-order valence-corrected chi connectivity index (χ2v) is 5.79. The Morgan fingerprint density at radius 1 is 1.44 bits per heavy atom. The fraction of sp³-hybridized carbons (Fsp3) is 0.778. The molecule has 1 unspecified atom stereocenters. The van der Waals surface area contributed by atoms with Gasteiger partial charge in [-0.2, -0.15) is 17.4 Å². The number of nitrogens with zero attached hydrogens (tertiary/aromatic N) is 1. The van der Waals surface area contributed by atoms with Crippen LogP contribution in [0.2, 0.25) is 0 Å². The van der Waals surface area contributed by atoms with E-state index in [1.807, 2.05) is 0 Å². The van der Waals surface area contributed by atoms with Crippen LogP contribution in [-0.2, 0) is 19.8 Å². The maximum atomic E-state index is 11.8. The van der Waals surface area contributed by atoms with E-state index >= 15 is 0 Å². The summed E-state index contributed by atoms with van der Waals surface area (Å²) in [5.74, 6) is -2.14. The van der Waals surface area contributed by atoms with Crippen molar-refractivity contribution in [2.24, 2.45) is 5.92 Å². The molecule has 0 aromatic carbocycles. The molecular formula is C9H17N3O5S. The van der Waals surface area contributed by atoms with Crippen molar-refractivity contribution in [3.05, 3.63) is 0 Å². The van der Waals surface area contributed by atoms with Crippen molar-refractivity contribution in [1.29, 1.82) is 0 Å². The van der Waals surface area contributed by atoms with Crippen molar-refractivity contribution in [2.75, 3.05) is 26.7 Å². The van der Waals surface area contributed by atoms with Crippen LogP contribution in [-0.4, -0.2) is 56.4 Å². The summed E-state index contributed by atoms with van der Waals surface area (Å²) in [6, 6.07) is 0. The number of aliphatic carboxylic acids is 1. The van der Waals surface area contributed by atoms with E-state index in [0.29, 0.717) is 12.8 Å². The van der Waals surface area contributed by atoms with Crippen LogP contribution in [0.5, 0.6) is 0 Å². The van der Waals surface area contributed by atoms with Gasteiger partial charge >= 0.3 is 5.97 Å². The third kappa shape index (κ3) is 3.93. The highest BCUT2D eigenvalue weighted by Gasteiger charge is 2.32. The monoisotopic (exact) mass is 279 g/mol. The Hall–Kier alpha value is -1.19. The van der Waals surface area contributed by atoms with Gasteiger partial charge in [0.05, 0.1) is 12.5 Å². The number of nitrogens with one attached hydrogen (secondary N) is 2. The van der Waals surface area contributed by atoms with Crippen LogP contribution in [0.4, 0.5) is 0 Å². The SMILES string of the molecule is CNC(=O)CNS(=O)(=O)N1CCCC(C(=O)O)C1. The van der Waals surface area contributed by atoms with E-state index in [4.69, 9.17) is 5.11 Å². The zero-order chi connectivity index (χ0) is 13.8. The smallest absolute Gasteiger partial charge is 0.307 e. The van der Waals surface area contributed by atoms with Gasteiger partial charge in [0.2, 0.25) is 5.91 Å². The average Bonchev–Trinajstić information content (AvgIpc) is 2.36. The van der Waals surface area contributed by atoms with Gasteiger partial charge in [-0.3, -0.25) is 9.59 Å². The quantitative estimate of drug-likeness (QED) is 0.558. The number of likely N-dealkylation sites (N-methyl/N-ethyl adjacent to an activating group) is 1. The van der Waals surface area contributed by atoms with E-state index in [0.717, 1.165) is 4.31 Å². The first kappa shape index (κ1) is 14.9. The molecule has 1 aliphatic rings. The fourth-order valence-corrected chi connectivity index (χ4v) is 2.94. The summed E-state index contributed by atoms with van der Waals surface area (Å²) in [5.41, 5.74) is 0. The number of hydrogen-bond donors (Lipinski definition) is 3. The molecule has 0 aromatic heterocycles. The van der Waals surface area contributed by atoms with Gasteiger partial charge in [0.15, 0.2) is 0 Å². The lowest BCUT2D eigenvalue weighted by Gasteiger charge is -2.29. The van der Waals surface area contributed by atoms with Gasteiger partial charge in [-0.05, 0) is 12.8 Å². The predicted octanol–water partition coefficient (Wildman–Crippen LogP) is -1.64. The van der Waals surface area contributed by atoms with Crippen molar-refractivity contribution < 1.29 is 23.1 Å². The molecule has 18 heavy (non-hydrogen) atoms. The molecule has 1 saturated heterocycles. The van der Waals surface area contributed by atoms with Crippen molar-refractivity contribution in [3.8, 4) is 0 Å². The molecule has 0 bridgehead atoms. The summed E-state index contributed by atoms with van der Waals surface area (Å²) in [6.07, 6.45) is 0.967. The van der Waals surface area contributed by atoms with Gasteiger partial charge in [-0.15, -0.1) is 0 Å². The van der Waals surface area contributed by atoms with Crippen molar-refractivity contribution in [3.63, 3.8) is 0 Å². The van der Waals surface area contributed by atoms with Gasteiger partial charge in [0.25, 0.3) is 10.2 Å². The Morgan fingerprint density at radius 3 is 2.67 bits per heavy atom. The number of hydrogen-bond acceptors (Lipinski definition) is 4. The lowest BCUT2D eigenvalue weighted by atomic mass is 10.0. The fourth-order valence-electron chi connectivity index (χ4n) is 1.70. The van der Waals surface area contributed by atoms with E-state index < -0.39 is 28.0 Å². The normalized spacial score (nSPS) is 21.5. The third-order valence-corrected chi connectivity index (χ3v) is 4.29. The van der Waals surface area contributed by atoms with Crippen LogP contribution in [0.1, 0.15) is 12.8 Å². The average molecular weight is 279 g/mol. The number of carbonyl (C=O) groups is 2. The number of carboxylic acid groups (broad SMARTS) is 1. The highest BCUT2D eigenvalue weighted by atomic mass is 32.2. The molecule has 0 aliphatic carbocycles. The molecule has 1 amide bonds. The van der Waals surface area contributed by atoms with Gasteiger partial charge < -0.3 is 10.4 Å². The van der Waals surface area contributed by atoms with E-state index in [-0.39, 0.29) is 19.6 Å². The number of carboxylic acids is 1. The molecule has 1 fully saturated rings. The molecule has 0 spiro atoms. The van der Waals surface area contributed by atoms with Crippen LogP contribution in [0.25, 0.3) is 0 Å². The lowest BCUT2D eigenvalue weighted by Crippen LogP contribution is -2.49. The zero-order valence-corrected chi connectivity index (χ0v) is 10.9. The minimum atomic E-state index is -3.80. The van der Waals surface area contributed by atoms with Crippen LogP contribution < -0.4 is 10.0 Å². The molecule has 0 radical (unpaired) electrons. The van der Waals surface area contributed by atoms with Gasteiger partial charge in [0, 0.05) is 20.1 Å². The largest absolute Gasteiger partial charge is 0.481 e. The van der Waals surface area contributed by atoms with E-state index in [1.54, 1.807) is 0 Å². The van der Waals surface area contributed by atoms with Gasteiger partial charge in [0.1, 0.15) is 0 Å². The molecule has 0 saturated carbocycles. The molecule has 1 heterocycles. The molecule has 8 nitrogen and oxygen atoms in total.